The Morgan fingerprint density at radius 2 is 2.00 bits per heavy atom. The molecule has 4 nitrogen and oxygen atoms in total. The van der Waals surface area contributed by atoms with E-state index in [4.69, 9.17) is 0 Å². The minimum atomic E-state index is 0.274. The number of nitrogens with one attached hydrogen (secondary N) is 1. The van der Waals surface area contributed by atoms with Crippen LogP contribution in [0.1, 0.15) is 41.3 Å². The van der Waals surface area contributed by atoms with Gasteiger partial charge in [-0.25, -0.2) is 0 Å². The fourth-order valence-electron chi connectivity index (χ4n) is 2.47. The second kappa shape index (κ2) is 5.53. The lowest BCUT2D eigenvalue weighted by molar-refractivity contribution is 0.561. The van der Waals surface area contributed by atoms with E-state index in [-0.39, 0.29) is 6.04 Å². The molecule has 102 valence electrons. The van der Waals surface area contributed by atoms with Crippen LogP contribution in [0.2, 0.25) is 0 Å². The Kier molecular flexibility index (Phi) is 4.00. The van der Waals surface area contributed by atoms with Crippen LogP contribution in [0.4, 0.5) is 0 Å². The van der Waals surface area contributed by atoms with Crippen molar-refractivity contribution in [3.8, 4) is 0 Å². The predicted molar refractivity (Wildman–Crippen MR) is 76.9 cm³/mol. The zero-order valence-electron chi connectivity index (χ0n) is 12.4. The molecule has 1 N–H and O–H groups in total. The van der Waals surface area contributed by atoms with Crippen molar-refractivity contribution >= 4 is 0 Å². The first-order chi connectivity index (χ1) is 8.99. The average molecular weight is 258 g/mol. The van der Waals surface area contributed by atoms with Gasteiger partial charge in [0.05, 0.1) is 11.4 Å². The summed E-state index contributed by atoms with van der Waals surface area (Å²) in [7, 11) is 1.99. The molecule has 2 aromatic heterocycles. The van der Waals surface area contributed by atoms with Crippen LogP contribution in [0, 0.1) is 20.8 Å². The van der Waals surface area contributed by atoms with E-state index in [1.54, 1.807) is 0 Å². The molecule has 0 aliphatic carbocycles. The third-order valence-electron chi connectivity index (χ3n) is 3.53. The molecule has 0 aliphatic rings. The molecule has 2 heterocycles. The van der Waals surface area contributed by atoms with Crippen LogP contribution in [-0.2, 0) is 13.6 Å². The lowest BCUT2D eigenvalue weighted by Gasteiger charge is -2.14. The van der Waals surface area contributed by atoms with Crippen molar-refractivity contribution in [1.29, 1.82) is 0 Å². The Labute approximate surface area is 114 Å². The number of nitrogens with zero attached hydrogens (tertiary/aromatic N) is 3. The molecule has 1 atom stereocenters. The molecule has 2 rings (SSSR count). The lowest BCUT2D eigenvalue weighted by Crippen LogP contribution is -2.20. The van der Waals surface area contributed by atoms with Crippen LogP contribution in [0.5, 0.6) is 0 Å². The van der Waals surface area contributed by atoms with Crippen molar-refractivity contribution in [1.82, 2.24) is 20.1 Å². The van der Waals surface area contributed by atoms with Crippen LogP contribution < -0.4 is 5.32 Å². The van der Waals surface area contributed by atoms with Gasteiger partial charge in [-0.1, -0.05) is 6.07 Å². The Hall–Kier alpha value is -1.68. The quantitative estimate of drug-likeness (QED) is 0.916. The minimum absolute atomic E-state index is 0.274. The van der Waals surface area contributed by atoms with E-state index in [1.807, 2.05) is 30.8 Å². The zero-order valence-corrected chi connectivity index (χ0v) is 12.4. The lowest BCUT2D eigenvalue weighted by atomic mass is 10.1. The molecule has 0 fully saturated rings. The number of aromatic nitrogens is 3. The molecule has 4 heteroatoms. The Morgan fingerprint density at radius 1 is 1.26 bits per heavy atom. The van der Waals surface area contributed by atoms with Crippen LogP contribution in [0.3, 0.4) is 0 Å². The van der Waals surface area contributed by atoms with Gasteiger partial charge in [0.1, 0.15) is 0 Å². The first kappa shape index (κ1) is 13.7. The van der Waals surface area contributed by atoms with Gasteiger partial charge in [0, 0.05) is 36.6 Å². The molecule has 0 aromatic carbocycles. The Morgan fingerprint density at radius 3 is 2.58 bits per heavy atom. The molecule has 1 unspecified atom stereocenters. The van der Waals surface area contributed by atoms with Crippen LogP contribution in [-0.4, -0.2) is 14.8 Å². The maximum Gasteiger partial charge on any atom is 0.0644 e. The van der Waals surface area contributed by atoms with E-state index in [2.05, 4.69) is 42.2 Å². The van der Waals surface area contributed by atoms with Crippen molar-refractivity contribution < 1.29 is 0 Å². The second-order valence-corrected chi connectivity index (χ2v) is 5.08. The van der Waals surface area contributed by atoms with E-state index in [9.17, 15) is 0 Å². The number of hydrogen-bond donors (Lipinski definition) is 1. The first-order valence-corrected chi connectivity index (χ1v) is 6.65. The van der Waals surface area contributed by atoms with E-state index >= 15 is 0 Å². The standard InChI is InChI=1S/C15H22N4/c1-10-7-6-8-14(17-10)9-16-11(2)15-12(3)18-19(5)13(15)4/h6-8,11,16H,9H2,1-5H3. The molecule has 0 aliphatic heterocycles. The molecule has 0 spiro atoms. The van der Waals surface area contributed by atoms with E-state index in [0.29, 0.717) is 0 Å². The van der Waals surface area contributed by atoms with Crippen molar-refractivity contribution in [2.45, 2.75) is 40.3 Å². The Balaban J connectivity index is 2.07. The van der Waals surface area contributed by atoms with Gasteiger partial charge in [0.25, 0.3) is 0 Å². The summed E-state index contributed by atoms with van der Waals surface area (Å²) < 4.78 is 1.94. The van der Waals surface area contributed by atoms with Gasteiger partial charge in [0.2, 0.25) is 0 Å². The smallest absolute Gasteiger partial charge is 0.0644 e. The van der Waals surface area contributed by atoms with Gasteiger partial charge in [0.15, 0.2) is 0 Å². The van der Waals surface area contributed by atoms with Crippen molar-refractivity contribution in [2.75, 3.05) is 0 Å². The maximum atomic E-state index is 4.51. The maximum absolute atomic E-state index is 4.51. The van der Waals surface area contributed by atoms with Gasteiger partial charge in [-0.3, -0.25) is 9.67 Å². The summed E-state index contributed by atoms with van der Waals surface area (Å²) >= 11 is 0. The summed E-state index contributed by atoms with van der Waals surface area (Å²) in [5.74, 6) is 0. The summed E-state index contributed by atoms with van der Waals surface area (Å²) in [5, 5.41) is 7.98. The van der Waals surface area contributed by atoms with Crippen molar-refractivity contribution in [3.05, 3.63) is 46.5 Å². The van der Waals surface area contributed by atoms with Gasteiger partial charge in [-0.2, -0.15) is 5.10 Å². The Bertz CT molecular complexity index is 572. The van der Waals surface area contributed by atoms with Gasteiger partial charge in [-0.15, -0.1) is 0 Å². The molecule has 0 bridgehead atoms. The molecule has 0 saturated heterocycles. The highest BCUT2D eigenvalue weighted by molar-refractivity contribution is 5.27. The summed E-state index contributed by atoms with van der Waals surface area (Å²) in [6.45, 7) is 9.13. The highest BCUT2D eigenvalue weighted by Gasteiger charge is 2.15. The number of pyridine rings is 1. The molecule has 19 heavy (non-hydrogen) atoms. The fourth-order valence-corrected chi connectivity index (χ4v) is 2.47. The summed E-state index contributed by atoms with van der Waals surface area (Å²) in [6, 6.07) is 6.39. The average Bonchev–Trinajstić information content (AvgIpc) is 2.61. The fraction of sp³-hybridized carbons (Fsp3) is 0.467. The van der Waals surface area contributed by atoms with Gasteiger partial charge in [-0.05, 0) is 39.8 Å². The van der Waals surface area contributed by atoms with Crippen molar-refractivity contribution in [3.63, 3.8) is 0 Å². The van der Waals surface area contributed by atoms with Crippen molar-refractivity contribution in [2.24, 2.45) is 7.05 Å². The number of aryl methyl sites for hydroxylation is 3. The van der Waals surface area contributed by atoms with Crippen LogP contribution >= 0.6 is 0 Å². The normalized spacial score (nSPS) is 12.7. The predicted octanol–water partition coefficient (Wildman–Crippen LogP) is 2.59. The van der Waals surface area contributed by atoms with Crippen LogP contribution in [0.25, 0.3) is 0 Å². The number of rotatable bonds is 4. The molecular weight excluding hydrogens is 236 g/mol. The first-order valence-electron chi connectivity index (χ1n) is 6.65. The molecular formula is C15H22N4. The zero-order chi connectivity index (χ0) is 14.0. The highest BCUT2D eigenvalue weighted by atomic mass is 15.3. The molecule has 2 aromatic rings. The summed E-state index contributed by atoms with van der Waals surface area (Å²) in [4.78, 5) is 4.51. The summed E-state index contributed by atoms with van der Waals surface area (Å²) in [5.41, 5.74) is 5.73. The monoisotopic (exact) mass is 258 g/mol. The van der Waals surface area contributed by atoms with E-state index in [1.165, 1.54) is 11.3 Å². The largest absolute Gasteiger partial charge is 0.304 e. The highest BCUT2D eigenvalue weighted by Crippen LogP contribution is 2.20. The molecule has 0 radical (unpaired) electrons. The SMILES string of the molecule is Cc1cccc(CNC(C)c2c(C)nn(C)c2C)n1. The topological polar surface area (TPSA) is 42.7 Å². The van der Waals surface area contributed by atoms with E-state index < -0.39 is 0 Å². The molecule has 0 saturated carbocycles. The third-order valence-corrected chi connectivity index (χ3v) is 3.53. The summed E-state index contributed by atoms with van der Waals surface area (Å²) in [6.07, 6.45) is 0. The van der Waals surface area contributed by atoms with Gasteiger partial charge < -0.3 is 5.32 Å². The van der Waals surface area contributed by atoms with E-state index in [0.717, 1.165) is 23.6 Å². The minimum Gasteiger partial charge on any atom is -0.304 e. The van der Waals surface area contributed by atoms with Crippen LogP contribution in [0.15, 0.2) is 18.2 Å². The second-order valence-electron chi connectivity index (χ2n) is 5.08. The molecule has 0 amide bonds. The number of hydrogen-bond acceptors (Lipinski definition) is 3. The third kappa shape index (κ3) is 3.01. The van der Waals surface area contributed by atoms with Gasteiger partial charge >= 0.3 is 0 Å².